The van der Waals surface area contributed by atoms with Crippen LogP contribution in [0.3, 0.4) is 0 Å². The number of benzene rings is 1. The van der Waals surface area contributed by atoms with E-state index in [0.717, 1.165) is 23.7 Å². The van der Waals surface area contributed by atoms with Gasteiger partial charge in [-0.1, -0.05) is 0 Å². The molecular formula is C17H19I. The second-order valence-electron chi connectivity index (χ2n) is 7.01. The molecule has 0 amide bonds. The van der Waals surface area contributed by atoms with E-state index in [-0.39, 0.29) is 0 Å². The van der Waals surface area contributed by atoms with Gasteiger partial charge < -0.3 is 0 Å². The highest BCUT2D eigenvalue weighted by Gasteiger charge is 2.46. The smallest absolute Gasteiger partial charge is 0.0205 e. The van der Waals surface area contributed by atoms with Gasteiger partial charge in [0, 0.05) is 3.57 Å². The molecule has 0 saturated heterocycles. The second kappa shape index (κ2) is 3.34. The van der Waals surface area contributed by atoms with Crippen LogP contribution >= 0.6 is 22.6 Å². The van der Waals surface area contributed by atoms with Crippen molar-refractivity contribution in [1.82, 2.24) is 0 Å². The molecule has 4 bridgehead atoms. The standard InChI is InChI=1S/C17H19I/c1-8-13-9-2-4-11(6-9)15(13)17(18)16-12-5-3-10(7-12)14(8)16/h9-12H,2-7H2,1H3/t9-,10-,11+,12+/m0/s1. The van der Waals surface area contributed by atoms with Crippen LogP contribution in [-0.2, 0) is 0 Å². The van der Waals surface area contributed by atoms with Crippen LogP contribution in [0.2, 0.25) is 0 Å². The molecular weight excluding hydrogens is 331 g/mol. The fraction of sp³-hybridized carbons (Fsp3) is 0.647. The third-order valence-electron chi connectivity index (χ3n) is 6.36. The summed E-state index contributed by atoms with van der Waals surface area (Å²) in [4.78, 5) is 0. The Morgan fingerprint density at radius 3 is 1.56 bits per heavy atom. The minimum absolute atomic E-state index is 0.931. The lowest BCUT2D eigenvalue weighted by molar-refractivity contribution is 0.678. The van der Waals surface area contributed by atoms with Gasteiger partial charge in [-0.25, -0.2) is 0 Å². The number of rotatable bonds is 0. The van der Waals surface area contributed by atoms with Crippen molar-refractivity contribution < 1.29 is 0 Å². The Balaban J connectivity index is 1.87. The minimum Gasteiger partial charge on any atom is -0.0457 e. The van der Waals surface area contributed by atoms with E-state index in [2.05, 4.69) is 29.5 Å². The lowest BCUT2D eigenvalue weighted by atomic mass is 9.80. The molecule has 0 unspecified atom stereocenters. The molecule has 1 aromatic carbocycles. The largest absolute Gasteiger partial charge is 0.0457 e. The molecule has 0 spiro atoms. The van der Waals surface area contributed by atoms with Gasteiger partial charge in [0.05, 0.1) is 0 Å². The van der Waals surface area contributed by atoms with E-state index in [1.165, 1.54) is 38.5 Å². The van der Waals surface area contributed by atoms with Gasteiger partial charge in [-0.05, 0) is 120 Å². The quantitative estimate of drug-likeness (QED) is 0.555. The van der Waals surface area contributed by atoms with Crippen molar-refractivity contribution in [2.45, 2.75) is 69.1 Å². The van der Waals surface area contributed by atoms with E-state index < -0.39 is 0 Å². The fourth-order valence-electron chi connectivity index (χ4n) is 5.79. The van der Waals surface area contributed by atoms with E-state index >= 15 is 0 Å². The molecule has 2 fully saturated rings. The van der Waals surface area contributed by atoms with Crippen LogP contribution in [0.1, 0.15) is 90.0 Å². The Bertz CT molecular complexity index is 475. The third kappa shape index (κ3) is 1.06. The molecule has 4 aliphatic rings. The van der Waals surface area contributed by atoms with Crippen molar-refractivity contribution in [3.8, 4) is 0 Å². The van der Waals surface area contributed by atoms with Gasteiger partial charge in [0.15, 0.2) is 0 Å². The van der Waals surface area contributed by atoms with Gasteiger partial charge in [0.2, 0.25) is 0 Å². The van der Waals surface area contributed by atoms with Crippen LogP contribution in [-0.4, -0.2) is 0 Å². The Morgan fingerprint density at radius 1 is 0.722 bits per heavy atom. The number of fused-ring (bicyclic) bond motifs is 10. The highest BCUT2D eigenvalue weighted by Crippen LogP contribution is 2.62. The third-order valence-corrected chi connectivity index (χ3v) is 7.52. The van der Waals surface area contributed by atoms with Crippen molar-refractivity contribution in [3.63, 3.8) is 0 Å². The first-order chi connectivity index (χ1) is 8.75. The lowest BCUT2D eigenvalue weighted by Gasteiger charge is -2.27. The van der Waals surface area contributed by atoms with Crippen molar-refractivity contribution in [2.24, 2.45) is 0 Å². The number of hydrogen-bond donors (Lipinski definition) is 0. The molecule has 0 nitrogen and oxygen atoms in total. The Hall–Kier alpha value is -0.0500. The van der Waals surface area contributed by atoms with Gasteiger partial charge in [-0.15, -0.1) is 0 Å². The molecule has 2 saturated carbocycles. The van der Waals surface area contributed by atoms with Crippen LogP contribution in [0.4, 0.5) is 0 Å². The van der Waals surface area contributed by atoms with Crippen LogP contribution in [0.15, 0.2) is 0 Å². The maximum atomic E-state index is 2.71. The van der Waals surface area contributed by atoms with Gasteiger partial charge >= 0.3 is 0 Å². The molecule has 0 aliphatic heterocycles. The summed E-state index contributed by atoms with van der Waals surface area (Å²) in [5.74, 6) is 3.73. The highest BCUT2D eigenvalue weighted by molar-refractivity contribution is 14.1. The zero-order chi connectivity index (χ0) is 12.0. The van der Waals surface area contributed by atoms with E-state index in [9.17, 15) is 0 Å². The van der Waals surface area contributed by atoms with Crippen LogP contribution in [0.25, 0.3) is 0 Å². The normalized spacial score (nSPS) is 38.3. The summed E-state index contributed by atoms with van der Waals surface area (Å²) in [5, 5.41) is 0. The summed E-state index contributed by atoms with van der Waals surface area (Å²) in [6, 6.07) is 0. The molecule has 0 radical (unpaired) electrons. The van der Waals surface area contributed by atoms with Gasteiger partial charge in [0.25, 0.3) is 0 Å². The molecule has 1 heteroatoms. The predicted molar refractivity (Wildman–Crippen MR) is 82.6 cm³/mol. The minimum atomic E-state index is 0.931. The SMILES string of the molecule is Cc1c2c(c(I)c3c1[C@H]1CC[C@@H]3C1)[C@@H]1CC[C@H]2C1. The Kier molecular flexibility index (Phi) is 1.98. The lowest BCUT2D eigenvalue weighted by Crippen LogP contribution is -2.12. The predicted octanol–water partition coefficient (Wildman–Crippen LogP) is 5.33. The maximum Gasteiger partial charge on any atom is 0.0205 e. The summed E-state index contributed by atoms with van der Waals surface area (Å²) in [5.41, 5.74) is 9.01. The van der Waals surface area contributed by atoms with Gasteiger partial charge in [-0.2, -0.15) is 0 Å². The summed E-state index contributed by atoms with van der Waals surface area (Å²) in [6.45, 7) is 2.45. The molecule has 0 heterocycles. The average molecular weight is 350 g/mol. The summed E-state index contributed by atoms with van der Waals surface area (Å²) in [7, 11) is 0. The molecule has 0 N–H and O–H groups in total. The highest BCUT2D eigenvalue weighted by atomic mass is 127. The molecule has 94 valence electrons. The maximum absolute atomic E-state index is 2.71. The van der Waals surface area contributed by atoms with Crippen LogP contribution < -0.4 is 0 Å². The molecule has 1 aromatic rings. The van der Waals surface area contributed by atoms with Crippen molar-refractivity contribution >= 4 is 22.6 Å². The van der Waals surface area contributed by atoms with Crippen molar-refractivity contribution in [1.29, 1.82) is 0 Å². The summed E-state index contributed by atoms with van der Waals surface area (Å²) < 4.78 is 1.71. The first-order valence-electron chi connectivity index (χ1n) is 7.61. The summed E-state index contributed by atoms with van der Waals surface area (Å²) in [6.07, 6.45) is 8.84. The first-order valence-corrected chi connectivity index (χ1v) is 8.69. The topological polar surface area (TPSA) is 0 Å². The first kappa shape index (κ1) is 10.7. The van der Waals surface area contributed by atoms with Crippen molar-refractivity contribution in [2.75, 3.05) is 0 Å². The van der Waals surface area contributed by atoms with Gasteiger partial charge in [-0.3, -0.25) is 0 Å². The number of hydrogen-bond acceptors (Lipinski definition) is 0. The zero-order valence-electron chi connectivity index (χ0n) is 10.9. The van der Waals surface area contributed by atoms with E-state index in [1.54, 1.807) is 9.13 Å². The van der Waals surface area contributed by atoms with E-state index in [0.29, 0.717) is 0 Å². The van der Waals surface area contributed by atoms with E-state index in [1.807, 2.05) is 22.3 Å². The summed E-state index contributed by atoms with van der Waals surface area (Å²) >= 11 is 2.71. The average Bonchev–Trinajstić information content (AvgIpc) is 3.10. The molecule has 5 rings (SSSR count). The molecule has 18 heavy (non-hydrogen) atoms. The monoisotopic (exact) mass is 350 g/mol. The number of halogens is 1. The molecule has 4 atom stereocenters. The van der Waals surface area contributed by atoms with E-state index in [4.69, 9.17) is 0 Å². The van der Waals surface area contributed by atoms with Crippen molar-refractivity contribution in [3.05, 3.63) is 31.4 Å². The fourth-order valence-corrected chi connectivity index (χ4v) is 7.25. The Morgan fingerprint density at radius 2 is 1.11 bits per heavy atom. The van der Waals surface area contributed by atoms with Crippen LogP contribution in [0.5, 0.6) is 0 Å². The Labute approximate surface area is 123 Å². The zero-order valence-corrected chi connectivity index (χ0v) is 13.1. The molecule has 0 aromatic heterocycles. The van der Waals surface area contributed by atoms with Gasteiger partial charge in [0.1, 0.15) is 0 Å². The van der Waals surface area contributed by atoms with Crippen LogP contribution in [0, 0.1) is 10.5 Å². The molecule has 4 aliphatic carbocycles. The second-order valence-corrected chi connectivity index (χ2v) is 8.09.